The number of ether oxygens (including phenoxy) is 2. The first-order valence-electron chi connectivity index (χ1n) is 6.86. The Labute approximate surface area is 135 Å². The highest BCUT2D eigenvalue weighted by atomic mass is 35.5. The van der Waals surface area contributed by atoms with Crippen LogP contribution in [0.2, 0.25) is 0 Å². The van der Waals surface area contributed by atoms with Crippen LogP contribution in [0.5, 0.6) is 0 Å². The number of esters is 1. The highest BCUT2D eigenvalue weighted by Crippen LogP contribution is 2.42. The lowest BCUT2D eigenvalue weighted by atomic mass is 9.81. The minimum absolute atomic E-state index is 0. The fraction of sp³-hybridized carbons (Fsp3) is 0.714. The third-order valence-electron chi connectivity index (χ3n) is 4.47. The fourth-order valence-corrected chi connectivity index (χ4v) is 4.23. The van der Waals surface area contributed by atoms with Gasteiger partial charge in [-0.2, -0.15) is 0 Å². The molecule has 2 aliphatic rings. The SMILES string of the molecule is COC(=O)[C@@]12COC[C@@H]1CN(Cc1nc(C)c(C)s1)C2.Cl. The third-order valence-corrected chi connectivity index (χ3v) is 5.53. The highest BCUT2D eigenvalue weighted by molar-refractivity contribution is 7.11. The van der Waals surface area contributed by atoms with Crippen LogP contribution in [-0.4, -0.2) is 49.3 Å². The first kappa shape index (κ1) is 16.7. The van der Waals surface area contributed by atoms with Gasteiger partial charge >= 0.3 is 5.97 Å². The van der Waals surface area contributed by atoms with Crippen molar-refractivity contribution in [3.63, 3.8) is 0 Å². The predicted octanol–water partition coefficient (Wildman–Crippen LogP) is 1.80. The molecule has 0 unspecified atom stereocenters. The molecule has 0 N–H and O–H groups in total. The largest absolute Gasteiger partial charge is 0.468 e. The number of fused-ring (bicyclic) bond motifs is 1. The highest BCUT2D eigenvalue weighted by Gasteiger charge is 2.56. The monoisotopic (exact) mass is 332 g/mol. The lowest BCUT2D eigenvalue weighted by Crippen LogP contribution is -2.40. The molecule has 1 aromatic heterocycles. The van der Waals surface area contributed by atoms with Gasteiger partial charge in [0.1, 0.15) is 10.4 Å². The summed E-state index contributed by atoms with van der Waals surface area (Å²) < 4.78 is 10.5. The summed E-state index contributed by atoms with van der Waals surface area (Å²) in [5.74, 6) is 0.117. The normalized spacial score (nSPS) is 28.2. The maximum atomic E-state index is 12.1. The van der Waals surface area contributed by atoms with Crippen LogP contribution in [0.25, 0.3) is 0 Å². The second-order valence-electron chi connectivity index (χ2n) is 5.78. The number of carbonyl (C=O) groups excluding carboxylic acids is 1. The lowest BCUT2D eigenvalue weighted by molar-refractivity contribution is -0.153. The van der Waals surface area contributed by atoms with Crippen molar-refractivity contribution in [2.45, 2.75) is 20.4 Å². The molecule has 7 heteroatoms. The Kier molecular flexibility index (Phi) is 4.92. The number of aryl methyl sites for hydroxylation is 2. The summed E-state index contributed by atoms with van der Waals surface area (Å²) in [6.07, 6.45) is 0. The molecule has 3 heterocycles. The Morgan fingerprint density at radius 2 is 2.33 bits per heavy atom. The van der Waals surface area contributed by atoms with Gasteiger partial charge in [-0.1, -0.05) is 0 Å². The minimum Gasteiger partial charge on any atom is -0.468 e. The van der Waals surface area contributed by atoms with Gasteiger partial charge in [-0.05, 0) is 13.8 Å². The molecule has 0 saturated carbocycles. The molecule has 2 fully saturated rings. The molecule has 0 aliphatic carbocycles. The topological polar surface area (TPSA) is 51.7 Å². The van der Waals surface area contributed by atoms with Gasteiger partial charge in [0, 0.05) is 23.9 Å². The van der Waals surface area contributed by atoms with Gasteiger partial charge in [-0.3, -0.25) is 9.69 Å². The molecule has 2 aliphatic heterocycles. The Morgan fingerprint density at radius 1 is 1.57 bits per heavy atom. The third kappa shape index (κ3) is 2.82. The van der Waals surface area contributed by atoms with Crippen molar-refractivity contribution in [2.24, 2.45) is 11.3 Å². The zero-order chi connectivity index (χ0) is 14.3. The number of rotatable bonds is 3. The van der Waals surface area contributed by atoms with E-state index in [-0.39, 0.29) is 24.3 Å². The summed E-state index contributed by atoms with van der Waals surface area (Å²) in [4.78, 5) is 20.3. The molecule has 0 bridgehead atoms. The van der Waals surface area contributed by atoms with Gasteiger partial charge in [0.25, 0.3) is 0 Å². The van der Waals surface area contributed by atoms with E-state index in [9.17, 15) is 4.79 Å². The minimum atomic E-state index is -0.462. The maximum Gasteiger partial charge on any atom is 0.315 e. The molecule has 0 radical (unpaired) electrons. The van der Waals surface area contributed by atoms with Crippen molar-refractivity contribution >= 4 is 29.7 Å². The number of aromatic nitrogens is 1. The van der Waals surface area contributed by atoms with Crippen molar-refractivity contribution < 1.29 is 14.3 Å². The maximum absolute atomic E-state index is 12.1. The van der Waals surface area contributed by atoms with Crippen LogP contribution in [0.4, 0.5) is 0 Å². The van der Waals surface area contributed by atoms with Gasteiger partial charge < -0.3 is 9.47 Å². The summed E-state index contributed by atoms with van der Waals surface area (Å²) in [7, 11) is 1.46. The molecule has 2 saturated heterocycles. The number of hydrogen-bond donors (Lipinski definition) is 0. The van der Waals surface area contributed by atoms with E-state index < -0.39 is 5.41 Å². The molecule has 0 spiro atoms. The number of likely N-dealkylation sites (tertiary alicyclic amines) is 1. The number of hydrogen-bond acceptors (Lipinski definition) is 6. The molecule has 1 aromatic rings. The molecule has 3 rings (SSSR count). The molecular weight excluding hydrogens is 312 g/mol. The summed E-state index contributed by atoms with van der Waals surface area (Å²) in [5.41, 5.74) is 0.645. The molecule has 2 atom stereocenters. The lowest BCUT2D eigenvalue weighted by Gasteiger charge is -2.23. The molecule has 21 heavy (non-hydrogen) atoms. The van der Waals surface area contributed by atoms with E-state index in [0.29, 0.717) is 19.8 Å². The van der Waals surface area contributed by atoms with Crippen LogP contribution in [0, 0.1) is 25.2 Å². The van der Waals surface area contributed by atoms with Crippen LogP contribution >= 0.6 is 23.7 Å². The van der Waals surface area contributed by atoms with Gasteiger partial charge in [-0.15, -0.1) is 23.7 Å². The van der Waals surface area contributed by atoms with E-state index in [4.69, 9.17) is 9.47 Å². The zero-order valence-corrected chi connectivity index (χ0v) is 14.2. The molecule has 5 nitrogen and oxygen atoms in total. The van der Waals surface area contributed by atoms with Crippen molar-refractivity contribution in [2.75, 3.05) is 33.4 Å². The van der Waals surface area contributed by atoms with Crippen molar-refractivity contribution in [3.8, 4) is 0 Å². The second-order valence-corrected chi connectivity index (χ2v) is 7.07. The van der Waals surface area contributed by atoms with Crippen LogP contribution in [0.1, 0.15) is 15.6 Å². The average molecular weight is 333 g/mol. The number of methoxy groups -OCH3 is 1. The van der Waals surface area contributed by atoms with E-state index >= 15 is 0 Å². The van der Waals surface area contributed by atoms with Crippen LogP contribution in [-0.2, 0) is 20.8 Å². The average Bonchev–Trinajstić information content (AvgIpc) is 3.03. The van der Waals surface area contributed by atoms with Crippen molar-refractivity contribution in [1.82, 2.24) is 9.88 Å². The van der Waals surface area contributed by atoms with Crippen LogP contribution < -0.4 is 0 Å². The van der Waals surface area contributed by atoms with Gasteiger partial charge in [0.15, 0.2) is 0 Å². The Bertz CT molecular complexity index is 517. The molecule has 0 aromatic carbocycles. The quantitative estimate of drug-likeness (QED) is 0.790. The van der Waals surface area contributed by atoms with Crippen molar-refractivity contribution in [1.29, 1.82) is 0 Å². The number of nitrogens with zero attached hydrogens (tertiary/aromatic N) is 2. The Hall–Kier alpha value is -0.690. The summed E-state index contributed by atoms with van der Waals surface area (Å²) >= 11 is 1.74. The summed E-state index contributed by atoms with van der Waals surface area (Å²) in [6.45, 7) is 7.68. The summed E-state index contributed by atoms with van der Waals surface area (Å²) in [6, 6.07) is 0. The van der Waals surface area contributed by atoms with E-state index in [2.05, 4.69) is 16.8 Å². The van der Waals surface area contributed by atoms with E-state index in [0.717, 1.165) is 23.8 Å². The van der Waals surface area contributed by atoms with Gasteiger partial charge in [0.05, 0.1) is 32.6 Å². The predicted molar refractivity (Wildman–Crippen MR) is 82.9 cm³/mol. The first-order valence-corrected chi connectivity index (χ1v) is 7.68. The second kappa shape index (κ2) is 6.20. The van der Waals surface area contributed by atoms with Crippen LogP contribution in [0.15, 0.2) is 0 Å². The molecular formula is C14H21ClN2O3S. The standard InChI is InChI=1S/C14H20N2O3S.ClH/c1-9-10(2)20-12(15-9)5-16-4-11-6-19-8-14(11,7-16)13(17)18-3;/h11H,4-8H2,1-3H3;1H/t11-,14-;/m0./s1. The van der Waals surface area contributed by atoms with E-state index in [1.165, 1.54) is 12.0 Å². The van der Waals surface area contributed by atoms with Crippen LogP contribution in [0.3, 0.4) is 0 Å². The summed E-state index contributed by atoms with van der Waals surface area (Å²) in [5, 5.41) is 1.13. The number of halogens is 1. The smallest absolute Gasteiger partial charge is 0.315 e. The molecule has 0 amide bonds. The Morgan fingerprint density at radius 3 is 2.95 bits per heavy atom. The van der Waals surface area contributed by atoms with E-state index in [1.54, 1.807) is 11.3 Å². The van der Waals surface area contributed by atoms with Gasteiger partial charge in [0.2, 0.25) is 0 Å². The first-order chi connectivity index (χ1) is 9.55. The number of thiazole rings is 1. The zero-order valence-electron chi connectivity index (χ0n) is 12.5. The fourth-order valence-electron chi connectivity index (χ4n) is 3.25. The Balaban J connectivity index is 0.00000161. The molecule has 118 valence electrons. The number of carbonyl (C=O) groups is 1. The van der Waals surface area contributed by atoms with Crippen molar-refractivity contribution in [3.05, 3.63) is 15.6 Å². The van der Waals surface area contributed by atoms with E-state index in [1.807, 2.05) is 6.92 Å². The van der Waals surface area contributed by atoms with Gasteiger partial charge in [-0.25, -0.2) is 4.98 Å².